The van der Waals surface area contributed by atoms with E-state index < -0.39 is 23.6 Å². The van der Waals surface area contributed by atoms with Gasteiger partial charge in [0.1, 0.15) is 5.75 Å². The van der Waals surface area contributed by atoms with Crippen molar-refractivity contribution in [1.82, 2.24) is 0 Å². The van der Waals surface area contributed by atoms with Gasteiger partial charge in [0, 0.05) is 6.08 Å². The van der Waals surface area contributed by atoms with E-state index in [9.17, 15) is 9.59 Å². The van der Waals surface area contributed by atoms with Gasteiger partial charge in [-0.2, -0.15) is 0 Å². The molecule has 0 saturated carbocycles. The van der Waals surface area contributed by atoms with Crippen LogP contribution in [0.3, 0.4) is 0 Å². The van der Waals surface area contributed by atoms with E-state index in [2.05, 4.69) is 5.32 Å². The molecule has 0 aliphatic carbocycles. The highest BCUT2D eigenvalue weighted by Gasteiger charge is 2.51. The largest absolute Gasteiger partial charge is 0.495 e. The molecule has 0 saturated heterocycles. The third-order valence-electron chi connectivity index (χ3n) is 4.25. The fourth-order valence-electron chi connectivity index (χ4n) is 3.02. The fourth-order valence-corrected chi connectivity index (χ4v) is 3.02. The van der Waals surface area contributed by atoms with Crippen LogP contribution in [0.5, 0.6) is 5.75 Å². The van der Waals surface area contributed by atoms with Crippen molar-refractivity contribution in [2.45, 2.75) is 11.6 Å². The number of carbonyl (C=O) groups is 2. The van der Waals surface area contributed by atoms with E-state index in [-0.39, 0.29) is 0 Å². The number of carbonyl (C=O) groups excluding carboxylic acids is 2. The van der Waals surface area contributed by atoms with Crippen LogP contribution in [-0.4, -0.2) is 32.3 Å². The Morgan fingerprint density at radius 3 is 2.38 bits per heavy atom. The van der Waals surface area contributed by atoms with Crippen molar-refractivity contribution < 1.29 is 23.8 Å². The standard InChI is InChI=1S/C20H19NO5/c1-24-16-11-7-6-10-15(16)21-20(19(23)25-2,14-8-4-3-5-9-14)17-12-13-18(22)26-17/h3-13,17,21H,1-2H3/t17-,20-/m0/s1. The predicted octanol–water partition coefficient (Wildman–Crippen LogP) is 2.66. The second kappa shape index (κ2) is 7.31. The highest BCUT2D eigenvalue weighted by atomic mass is 16.6. The van der Waals surface area contributed by atoms with Gasteiger partial charge >= 0.3 is 11.9 Å². The van der Waals surface area contributed by atoms with Gasteiger partial charge in [-0.15, -0.1) is 0 Å². The van der Waals surface area contributed by atoms with E-state index in [1.165, 1.54) is 13.2 Å². The number of nitrogens with one attached hydrogen (secondary N) is 1. The molecule has 0 bridgehead atoms. The Kier molecular flexibility index (Phi) is 4.93. The van der Waals surface area contributed by atoms with Crippen LogP contribution in [0.4, 0.5) is 5.69 Å². The fraction of sp³-hybridized carbons (Fsp3) is 0.200. The van der Waals surface area contributed by atoms with Crippen LogP contribution in [0.25, 0.3) is 0 Å². The Labute approximate surface area is 151 Å². The summed E-state index contributed by atoms with van der Waals surface area (Å²) in [6, 6.07) is 16.2. The van der Waals surface area contributed by atoms with Crippen molar-refractivity contribution in [2.24, 2.45) is 0 Å². The summed E-state index contributed by atoms with van der Waals surface area (Å²) in [7, 11) is 2.84. The van der Waals surface area contributed by atoms with Crippen molar-refractivity contribution in [2.75, 3.05) is 19.5 Å². The molecular weight excluding hydrogens is 334 g/mol. The summed E-state index contributed by atoms with van der Waals surface area (Å²) in [6.07, 6.45) is 1.97. The molecule has 26 heavy (non-hydrogen) atoms. The number of ether oxygens (including phenoxy) is 3. The molecule has 0 amide bonds. The molecule has 0 spiro atoms. The molecule has 1 aliphatic rings. The molecular formula is C20H19NO5. The molecule has 134 valence electrons. The van der Waals surface area contributed by atoms with Crippen LogP contribution in [0.2, 0.25) is 0 Å². The number of para-hydroxylation sites is 2. The SMILES string of the molecule is COC(=O)[C@](Nc1ccccc1OC)(c1ccccc1)[C@@H]1C=CC(=O)O1. The van der Waals surface area contributed by atoms with Crippen LogP contribution in [-0.2, 0) is 24.6 Å². The van der Waals surface area contributed by atoms with Crippen LogP contribution in [0, 0.1) is 0 Å². The minimum absolute atomic E-state index is 0.513. The molecule has 1 N–H and O–H groups in total. The van der Waals surface area contributed by atoms with Crippen molar-refractivity contribution in [3.05, 3.63) is 72.3 Å². The maximum Gasteiger partial charge on any atom is 0.340 e. The van der Waals surface area contributed by atoms with E-state index in [0.29, 0.717) is 17.0 Å². The van der Waals surface area contributed by atoms with E-state index in [1.807, 2.05) is 18.2 Å². The molecule has 6 heteroatoms. The summed E-state index contributed by atoms with van der Waals surface area (Å²) in [6.45, 7) is 0. The summed E-state index contributed by atoms with van der Waals surface area (Å²) in [5, 5.41) is 3.21. The van der Waals surface area contributed by atoms with E-state index in [1.54, 1.807) is 49.6 Å². The Morgan fingerprint density at radius 2 is 1.77 bits per heavy atom. The van der Waals surface area contributed by atoms with Gasteiger partial charge in [-0.05, 0) is 23.8 Å². The molecule has 1 heterocycles. The van der Waals surface area contributed by atoms with Gasteiger partial charge in [0.15, 0.2) is 6.10 Å². The zero-order valence-electron chi connectivity index (χ0n) is 14.5. The number of cyclic esters (lactones) is 1. The number of rotatable bonds is 6. The Bertz CT molecular complexity index is 833. The third kappa shape index (κ3) is 3.01. The summed E-state index contributed by atoms with van der Waals surface area (Å²) in [4.78, 5) is 24.7. The first-order valence-electron chi connectivity index (χ1n) is 8.05. The molecule has 1 aliphatic heterocycles. The summed E-state index contributed by atoms with van der Waals surface area (Å²) < 4.78 is 15.9. The monoisotopic (exact) mass is 353 g/mol. The first-order valence-corrected chi connectivity index (χ1v) is 8.05. The quantitative estimate of drug-likeness (QED) is 0.805. The van der Waals surface area contributed by atoms with E-state index in [4.69, 9.17) is 14.2 Å². The highest BCUT2D eigenvalue weighted by molar-refractivity contribution is 5.91. The molecule has 3 rings (SSSR count). The van der Waals surface area contributed by atoms with Gasteiger partial charge in [-0.3, -0.25) is 0 Å². The van der Waals surface area contributed by atoms with Crippen LogP contribution >= 0.6 is 0 Å². The lowest BCUT2D eigenvalue weighted by atomic mass is 9.83. The maximum atomic E-state index is 13.0. The number of hydrogen-bond donors (Lipinski definition) is 1. The minimum atomic E-state index is -1.46. The summed E-state index contributed by atoms with van der Waals surface area (Å²) in [5.41, 5.74) is -0.296. The number of esters is 2. The first-order chi connectivity index (χ1) is 12.6. The number of methoxy groups -OCH3 is 2. The van der Waals surface area contributed by atoms with Crippen molar-refractivity contribution in [1.29, 1.82) is 0 Å². The van der Waals surface area contributed by atoms with Gasteiger partial charge in [-0.1, -0.05) is 42.5 Å². The smallest absolute Gasteiger partial charge is 0.340 e. The summed E-state index contributed by atoms with van der Waals surface area (Å²) in [5.74, 6) is -0.551. The lowest BCUT2D eigenvalue weighted by molar-refractivity contribution is -0.154. The average Bonchev–Trinajstić information content (AvgIpc) is 3.13. The molecule has 2 aromatic rings. The van der Waals surface area contributed by atoms with Crippen LogP contribution in [0.1, 0.15) is 5.56 Å². The van der Waals surface area contributed by atoms with Crippen LogP contribution in [0.15, 0.2) is 66.7 Å². The first kappa shape index (κ1) is 17.5. The second-order valence-electron chi connectivity index (χ2n) is 5.71. The Morgan fingerprint density at radius 1 is 1.08 bits per heavy atom. The number of hydrogen-bond acceptors (Lipinski definition) is 6. The molecule has 2 aromatic carbocycles. The normalized spacial score (nSPS) is 17.9. The molecule has 0 aromatic heterocycles. The number of anilines is 1. The topological polar surface area (TPSA) is 73.9 Å². The van der Waals surface area contributed by atoms with Crippen molar-refractivity contribution in [3.63, 3.8) is 0 Å². The van der Waals surface area contributed by atoms with Gasteiger partial charge in [0.25, 0.3) is 0 Å². The van der Waals surface area contributed by atoms with Gasteiger partial charge in [0.05, 0.1) is 19.9 Å². The molecule has 6 nitrogen and oxygen atoms in total. The van der Waals surface area contributed by atoms with Gasteiger partial charge in [-0.25, -0.2) is 9.59 Å². The number of benzene rings is 2. The zero-order chi connectivity index (χ0) is 18.6. The average molecular weight is 353 g/mol. The molecule has 0 fully saturated rings. The summed E-state index contributed by atoms with van der Waals surface area (Å²) >= 11 is 0. The third-order valence-corrected chi connectivity index (χ3v) is 4.25. The lowest BCUT2D eigenvalue weighted by Crippen LogP contribution is -2.53. The van der Waals surface area contributed by atoms with E-state index >= 15 is 0 Å². The Hall–Kier alpha value is -3.28. The molecule has 2 atom stereocenters. The van der Waals surface area contributed by atoms with Crippen LogP contribution < -0.4 is 10.1 Å². The highest BCUT2D eigenvalue weighted by Crippen LogP contribution is 2.38. The predicted molar refractivity (Wildman–Crippen MR) is 95.8 cm³/mol. The maximum absolute atomic E-state index is 13.0. The second-order valence-corrected chi connectivity index (χ2v) is 5.71. The molecule has 0 unspecified atom stereocenters. The zero-order valence-corrected chi connectivity index (χ0v) is 14.5. The minimum Gasteiger partial charge on any atom is -0.495 e. The Balaban J connectivity index is 2.18. The molecule has 0 radical (unpaired) electrons. The van der Waals surface area contributed by atoms with E-state index in [0.717, 1.165) is 0 Å². The van der Waals surface area contributed by atoms with Gasteiger partial charge < -0.3 is 19.5 Å². The van der Waals surface area contributed by atoms with Crippen molar-refractivity contribution in [3.8, 4) is 5.75 Å². The van der Waals surface area contributed by atoms with Gasteiger partial charge in [0.2, 0.25) is 5.54 Å². The van der Waals surface area contributed by atoms with Crippen molar-refractivity contribution >= 4 is 17.6 Å². The lowest BCUT2D eigenvalue weighted by Gasteiger charge is -2.37.